The van der Waals surface area contributed by atoms with Gasteiger partial charge in [0.25, 0.3) is 0 Å². The van der Waals surface area contributed by atoms with Crippen molar-refractivity contribution in [1.29, 1.82) is 0 Å². The molecule has 0 saturated carbocycles. The second kappa shape index (κ2) is 11.8. The third kappa shape index (κ3) is 8.21. The van der Waals surface area contributed by atoms with Crippen LogP contribution in [0.15, 0.2) is 41.3 Å². The van der Waals surface area contributed by atoms with Crippen LogP contribution in [0, 0.1) is 0 Å². The molecule has 1 aromatic rings. The fraction of sp³-hybridized carbons (Fsp3) is 0.500. The Labute approximate surface area is 127 Å². The molecule has 0 heterocycles. The van der Waals surface area contributed by atoms with Gasteiger partial charge in [0.05, 0.1) is 0 Å². The van der Waals surface area contributed by atoms with E-state index in [1.54, 1.807) is 0 Å². The van der Waals surface area contributed by atoms with E-state index in [2.05, 4.69) is 25.1 Å². The molecule has 1 nitrogen and oxygen atoms in total. The van der Waals surface area contributed by atoms with Gasteiger partial charge in [-0.15, -0.1) is 11.8 Å². The van der Waals surface area contributed by atoms with E-state index in [-0.39, 0.29) is 0 Å². The van der Waals surface area contributed by atoms with Crippen molar-refractivity contribution >= 4 is 18.0 Å². The lowest BCUT2D eigenvalue weighted by atomic mass is 10.1. The third-order valence-electron chi connectivity index (χ3n) is 3.17. The standard InChI is InChI=1S/C18H26OS/c1-2-3-4-5-6-7-8-9-10-14-20-18-13-11-12-17(15-18)16-19/h7-8,11-13,15-16H,2-6,9-10,14H2,1H3/b8-7-. The van der Waals surface area contributed by atoms with Crippen LogP contribution in [0.2, 0.25) is 0 Å². The zero-order valence-electron chi connectivity index (χ0n) is 12.5. The van der Waals surface area contributed by atoms with Gasteiger partial charge in [0.1, 0.15) is 6.29 Å². The average molecular weight is 290 g/mol. The van der Waals surface area contributed by atoms with E-state index < -0.39 is 0 Å². The van der Waals surface area contributed by atoms with Crippen LogP contribution >= 0.6 is 11.8 Å². The number of allylic oxidation sites excluding steroid dienone is 2. The van der Waals surface area contributed by atoms with Crippen LogP contribution < -0.4 is 0 Å². The number of carbonyl (C=O) groups excluding carboxylic acids is 1. The van der Waals surface area contributed by atoms with Crippen LogP contribution in [-0.2, 0) is 0 Å². The molecule has 0 amide bonds. The molecule has 0 aliphatic carbocycles. The molecule has 0 saturated heterocycles. The van der Waals surface area contributed by atoms with Crippen LogP contribution in [-0.4, -0.2) is 12.0 Å². The highest BCUT2D eigenvalue weighted by molar-refractivity contribution is 7.99. The molecule has 0 fully saturated rings. The van der Waals surface area contributed by atoms with Gasteiger partial charge in [0.15, 0.2) is 0 Å². The highest BCUT2D eigenvalue weighted by atomic mass is 32.2. The van der Waals surface area contributed by atoms with E-state index in [0.29, 0.717) is 0 Å². The summed E-state index contributed by atoms with van der Waals surface area (Å²) >= 11 is 1.83. The first-order chi connectivity index (χ1) is 9.86. The van der Waals surface area contributed by atoms with Crippen LogP contribution in [0.3, 0.4) is 0 Å². The summed E-state index contributed by atoms with van der Waals surface area (Å²) in [6.45, 7) is 2.25. The number of carbonyl (C=O) groups is 1. The Morgan fingerprint density at radius 1 is 1.05 bits per heavy atom. The largest absolute Gasteiger partial charge is 0.298 e. The van der Waals surface area contributed by atoms with Gasteiger partial charge in [0.2, 0.25) is 0 Å². The lowest BCUT2D eigenvalue weighted by Crippen LogP contribution is -1.82. The molecule has 0 unspecified atom stereocenters. The molecule has 2 heteroatoms. The van der Waals surface area contributed by atoms with Crippen molar-refractivity contribution in [2.45, 2.75) is 56.8 Å². The molecule has 20 heavy (non-hydrogen) atoms. The molecular weight excluding hydrogens is 264 g/mol. The number of hydrogen-bond acceptors (Lipinski definition) is 2. The summed E-state index contributed by atoms with van der Waals surface area (Å²) in [5, 5.41) is 0. The van der Waals surface area contributed by atoms with Crippen LogP contribution in [0.5, 0.6) is 0 Å². The van der Waals surface area contributed by atoms with Gasteiger partial charge >= 0.3 is 0 Å². The summed E-state index contributed by atoms with van der Waals surface area (Å²) in [6.07, 6.45) is 14.5. The van der Waals surface area contributed by atoms with Gasteiger partial charge in [-0.25, -0.2) is 0 Å². The molecule has 0 N–H and O–H groups in total. The molecule has 1 aromatic carbocycles. The van der Waals surface area contributed by atoms with Crippen molar-refractivity contribution < 1.29 is 4.79 Å². The first kappa shape index (κ1) is 17.0. The Morgan fingerprint density at radius 2 is 1.85 bits per heavy atom. The minimum atomic E-state index is 0.766. The van der Waals surface area contributed by atoms with Crippen molar-refractivity contribution in [2.75, 3.05) is 5.75 Å². The highest BCUT2D eigenvalue weighted by Gasteiger charge is 1.95. The monoisotopic (exact) mass is 290 g/mol. The highest BCUT2D eigenvalue weighted by Crippen LogP contribution is 2.20. The zero-order chi connectivity index (χ0) is 14.5. The van der Waals surface area contributed by atoms with Crippen LogP contribution in [0.4, 0.5) is 0 Å². The zero-order valence-corrected chi connectivity index (χ0v) is 13.3. The summed E-state index contributed by atoms with van der Waals surface area (Å²) in [5.74, 6) is 1.11. The van der Waals surface area contributed by atoms with Gasteiger partial charge in [-0.2, -0.15) is 0 Å². The third-order valence-corrected chi connectivity index (χ3v) is 4.25. The van der Waals surface area contributed by atoms with Crippen LogP contribution in [0.1, 0.15) is 62.2 Å². The maximum atomic E-state index is 10.7. The number of hydrogen-bond donors (Lipinski definition) is 0. The van der Waals surface area contributed by atoms with E-state index >= 15 is 0 Å². The summed E-state index contributed by atoms with van der Waals surface area (Å²) in [4.78, 5) is 11.9. The van der Waals surface area contributed by atoms with Crippen molar-refractivity contribution in [3.63, 3.8) is 0 Å². The van der Waals surface area contributed by atoms with Crippen molar-refractivity contribution in [3.05, 3.63) is 42.0 Å². The molecule has 0 aromatic heterocycles. The minimum Gasteiger partial charge on any atom is -0.298 e. The Balaban J connectivity index is 2.04. The van der Waals surface area contributed by atoms with E-state index in [1.165, 1.54) is 43.4 Å². The van der Waals surface area contributed by atoms with Crippen molar-refractivity contribution in [1.82, 2.24) is 0 Å². The normalized spacial score (nSPS) is 11.1. The van der Waals surface area contributed by atoms with Gasteiger partial charge in [-0.3, -0.25) is 4.79 Å². The molecule has 110 valence electrons. The summed E-state index contributed by atoms with van der Waals surface area (Å²) in [6, 6.07) is 7.82. The number of unbranched alkanes of at least 4 members (excludes halogenated alkanes) is 5. The maximum Gasteiger partial charge on any atom is 0.150 e. The lowest BCUT2D eigenvalue weighted by Gasteiger charge is -2.01. The Hall–Kier alpha value is -1.02. The Bertz CT molecular complexity index is 398. The van der Waals surface area contributed by atoms with E-state index in [9.17, 15) is 4.79 Å². The first-order valence-corrected chi connectivity index (χ1v) is 8.68. The Kier molecular flexibility index (Phi) is 10.0. The van der Waals surface area contributed by atoms with Gasteiger partial charge in [-0.05, 0) is 43.6 Å². The quantitative estimate of drug-likeness (QED) is 0.218. The molecular formula is C18H26OS. The summed E-state index contributed by atoms with van der Waals surface area (Å²) in [7, 11) is 0. The average Bonchev–Trinajstić information content (AvgIpc) is 2.49. The second-order valence-corrected chi connectivity index (χ2v) is 6.17. The van der Waals surface area contributed by atoms with E-state index in [4.69, 9.17) is 0 Å². The molecule has 1 rings (SSSR count). The molecule has 0 atom stereocenters. The van der Waals surface area contributed by atoms with E-state index in [1.807, 2.05) is 30.0 Å². The van der Waals surface area contributed by atoms with Crippen molar-refractivity contribution in [2.24, 2.45) is 0 Å². The smallest absolute Gasteiger partial charge is 0.150 e. The van der Waals surface area contributed by atoms with Crippen molar-refractivity contribution in [3.8, 4) is 0 Å². The molecule has 0 radical (unpaired) electrons. The lowest BCUT2D eigenvalue weighted by molar-refractivity contribution is 0.112. The second-order valence-electron chi connectivity index (χ2n) is 5.00. The molecule has 0 spiro atoms. The SMILES string of the molecule is CCCCCC/C=C\CCCSc1cccc(C=O)c1. The maximum absolute atomic E-state index is 10.7. The topological polar surface area (TPSA) is 17.1 Å². The number of thioether (sulfide) groups is 1. The predicted octanol–water partition coefficient (Wildman–Crippen LogP) is 5.90. The van der Waals surface area contributed by atoms with Gasteiger partial charge in [-0.1, -0.05) is 50.5 Å². The molecule has 0 aliphatic heterocycles. The van der Waals surface area contributed by atoms with Gasteiger partial charge in [0, 0.05) is 10.5 Å². The van der Waals surface area contributed by atoms with Crippen LogP contribution in [0.25, 0.3) is 0 Å². The summed E-state index contributed by atoms with van der Waals surface area (Å²) < 4.78 is 0. The predicted molar refractivity (Wildman–Crippen MR) is 89.7 cm³/mol. The number of benzene rings is 1. The van der Waals surface area contributed by atoms with E-state index in [0.717, 1.165) is 24.0 Å². The Morgan fingerprint density at radius 3 is 2.60 bits per heavy atom. The molecule has 0 aliphatic rings. The fourth-order valence-corrected chi connectivity index (χ4v) is 2.93. The number of aldehydes is 1. The first-order valence-electron chi connectivity index (χ1n) is 7.70. The summed E-state index contributed by atoms with van der Waals surface area (Å²) in [5.41, 5.74) is 0.766. The minimum absolute atomic E-state index is 0.766. The molecule has 0 bridgehead atoms. The van der Waals surface area contributed by atoms with Gasteiger partial charge < -0.3 is 0 Å². The fourth-order valence-electron chi connectivity index (χ4n) is 1.99. The number of rotatable bonds is 11.